The largest absolute Gasteiger partial charge is 0.306 e. The molecule has 2 atom stereocenters. The van der Waals surface area contributed by atoms with E-state index >= 15 is 0 Å². The van der Waals surface area contributed by atoms with Crippen molar-refractivity contribution in [2.75, 3.05) is 65.9 Å². The molecule has 0 aromatic carbocycles. The van der Waals surface area contributed by atoms with E-state index in [-0.39, 0.29) is 0 Å². The molecule has 0 bridgehead atoms. The molecule has 0 spiro atoms. The molecule has 0 aromatic heterocycles. The second-order valence-electron chi connectivity index (χ2n) is 14.3. The van der Waals surface area contributed by atoms with Crippen molar-refractivity contribution in [2.24, 2.45) is 23.7 Å². The van der Waals surface area contributed by atoms with E-state index in [0.29, 0.717) is 0 Å². The smallest absolute Gasteiger partial charge is 0.152 e. The van der Waals surface area contributed by atoms with Crippen LogP contribution in [-0.2, 0) is 0 Å². The van der Waals surface area contributed by atoms with Crippen LogP contribution in [0.3, 0.4) is 0 Å². The summed E-state index contributed by atoms with van der Waals surface area (Å²) in [5, 5.41) is 0. The minimum Gasteiger partial charge on any atom is -0.306 e. The Bertz CT molecular complexity index is 702. The zero-order chi connectivity index (χ0) is 28.2. The topological polar surface area (TPSA) is 12.5 Å². The summed E-state index contributed by atoms with van der Waals surface area (Å²) in [7, 11) is 13.2. The van der Waals surface area contributed by atoms with Gasteiger partial charge in [-0.3, -0.25) is 0 Å². The van der Waals surface area contributed by atoms with Gasteiger partial charge in [-0.25, -0.2) is 9.15 Å². The Labute approximate surface area is 256 Å². The summed E-state index contributed by atoms with van der Waals surface area (Å²) in [5.74, 6) is 6.46. The SMILES string of the molecule is CN(C)C1CCC(CCC2CC=[N+](CCSSCC[N+]3=CCC(CCC4CCC(N(C)C)CC4)CC3)CC2)CC1. The monoisotopic (exact) mass is 592 g/mol. The molecule has 2 unspecified atom stereocenters. The first kappa shape index (κ1) is 32.9. The van der Waals surface area contributed by atoms with E-state index in [1.54, 1.807) is 0 Å². The minimum absolute atomic E-state index is 0.845. The van der Waals surface area contributed by atoms with E-state index in [1.165, 1.54) is 140 Å². The van der Waals surface area contributed by atoms with Crippen molar-refractivity contribution in [3.8, 4) is 0 Å². The van der Waals surface area contributed by atoms with Gasteiger partial charge in [-0.2, -0.15) is 0 Å². The Balaban J connectivity index is 0.971. The first-order chi connectivity index (χ1) is 19.5. The standard InChI is InChI=1S/C34H64N4S2/c1-35(2)33-13-9-29(10-14-33)5-7-31-17-21-37(22-18-31)25-27-39-40-28-26-38-23-19-32(20-24-38)8-6-30-11-15-34(16-12-30)36(3)4/h21,23,29-34H,5-20,22,24-28H2,1-4H3/q+2. The average molecular weight is 593 g/mol. The highest BCUT2D eigenvalue weighted by atomic mass is 33.1. The van der Waals surface area contributed by atoms with Gasteiger partial charge in [-0.05, 0) is 116 Å². The van der Waals surface area contributed by atoms with Crippen molar-refractivity contribution in [1.29, 1.82) is 0 Å². The van der Waals surface area contributed by atoms with Crippen molar-refractivity contribution >= 4 is 34.0 Å². The lowest BCUT2D eigenvalue weighted by atomic mass is 9.80. The van der Waals surface area contributed by atoms with Crippen molar-refractivity contribution in [3.63, 3.8) is 0 Å². The first-order valence-corrected chi connectivity index (χ1v) is 19.7. The number of nitrogens with zero attached hydrogens (tertiary/aromatic N) is 4. The van der Waals surface area contributed by atoms with Gasteiger partial charge in [-0.15, -0.1) is 0 Å². The maximum absolute atomic E-state index is 2.62. The Morgan fingerprint density at radius 2 is 0.900 bits per heavy atom. The second kappa shape index (κ2) is 17.9. The summed E-state index contributed by atoms with van der Waals surface area (Å²) in [6.07, 6.45) is 28.1. The van der Waals surface area contributed by atoms with Crippen molar-refractivity contribution in [1.82, 2.24) is 9.80 Å². The summed E-state index contributed by atoms with van der Waals surface area (Å²) in [6, 6.07) is 1.69. The summed E-state index contributed by atoms with van der Waals surface area (Å²) >= 11 is 0. The predicted octanol–water partition coefficient (Wildman–Crippen LogP) is 7.16. The van der Waals surface area contributed by atoms with Crippen LogP contribution >= 0.6 is 21.6 Å². The summed E-state index contributed by atoms with van der Waals surface area (Å²) < 4.78 is 5.25. The van der Waals surface area contributed by atoms with Crippen LogP contribution in [0.5, 0.6) is 0 Å². The van der Waals surface area contributed by atoms with Gasteiger partial charge in [0.25, 0.3) is 0 Å². The Morgan fingerprint density at radius 3 is 1.23 bits per heavy atom. The van der Waals surface area contributed by atoms with Gasteiger partial charge in [0, 0.05) is 37.8 Å². The van der Waals surface area contributed by atoms with E-state index in [0.717, 1.165) is 35.8 Å². The Morgan fingerprint density at radius 1 is 0.525 bits per heavy atom. The average Bonchev–Trinajstić information content (AvgIpc) is 2.98. The van der Waals surface area contributed by atoms with Crippen LogP contribution in [0.2, 0.25) is 0 Å². The maximum Gasteiger partial charge on any atom is 0.152 e. The molecule has 2 aliphatic heterocycles. The highest BCUT2D eigenvalue weighted by Gasteiger charge is 2.26. The number of hydrogen-bond acceptors (Lipinski definition) is 4. The van der Waals surface area contributed by atoms with Crippen LogP contribution in [0.15, 0.2) is 0 Å². The molecule has 2 fully saturated rings. The molecule has 0 aromatic rings. The Hall–Kier alpha value is -0.0400. The van der Waals surface area contributed by atoms with Gasteiger partial charge in [0.15, 0.2) is 13.1 Å². The Kier molecular flexibility index (Phi) is 14.7. The molecule has 2 aliphatic carbocycles. The van der Waals surface area contributed by atoms with Crippen molar-refractivity contribution in [3.05, 3.63) is 0 Å². The zero-order valence-corrected chi connectivity index (χ0v) is 28.4. The fourth-order valence-electron chi connectivity index (χ4n) is 7.91. The predicted molar refractivity (Wildman–Crippen MR) is 180 cm³/mol. The molecule has 4 nitrogen and oxygen atoms in total. The highest BCUT2D eigenvalue weighted by Crippen LogP contribution is 2.33. The lowest BCUT2D eigenvalue weighted by molar-refractivity contribution is -0.525. The molecule has 4 rings (SSSR count). The molecular formula is C34H64N4S2+2. The maximum atomic E-state index is 2.62. The van der Waals surface area contributed by atoms with Crippen molar-refractivity contribution in [2.45, 2.75) is 115 Å². The lowest BCUT2D eigenvalue weighted by Crippen LogP contribution is -2.32. The number of hydrogen-bond donors (Lipinski definition) is 0. The first-order valence-electron chi connectivity index (χ1n) is 17.2. The normalized spacial score (nSPS) is 31.9. The van der Waals surface area contributed by atoms with E-state index in [4.69, 9.17) is 0 Å². The molecule has 0 radical (unpaired) electrons. The van der Waals surface area contributed by atoms with Crippen molar-refractivity contribution < 1.29 is 9.15 Å². The van der Waals surface area contributed by atoms with Gasteiger partial charge >= 0.3 is 0 Å². The molecule has 0 saturated heterocycles. The van der Waals surface area contributed by atoms with Gasteiger partial charge in [0.05, 0.1) is 11.5 Å². The molecule has 6 heteroatoms. The minimum atomic E-state index is 0.845. The number of rotatable bonds is 15. The third-order valence-corrected chi connectivity index (χ3v) is 13.5. The molecule has 40 heavy (non-hydrogen) atoms. The summed E-state index contributed by atoms with van der Waals surface area (Å²) in [6.45, 7) is 5.08. The third kappa shape index (κ3) is 11.6. The highest BCUT2D eigenvalue weighted by molar-refractivity contribution is 8.76. The van der Waals surface area contributed by atoms with Gasteiger partial charge in [0.1, 0.15) is 25.5 Å². The van der Waals surface area contributed by atoms with Crippen LogP contribution in [0.4, 0.5) is 0 Å². The second-order valence-corrected chi connectivity index (χ2v) is 17.0. The lowest BCUT2D eigenvalue weighted by Gasteiger charge is -2.33. The molecular weight excluding hydrogens is 529 g/mol. The fraction of sp³-hybridized carbons (Fsp3) is 0.941. The van der Waals surface area contributed by atoms with E-state index in [2.05, 4.69) is 81.2 Å². The van der Waals surface area contributed by atoms with Gasteiger partial charge < -0.3 is 9.80 Å². The van der Waals surface area contributed by atoms with Crippen LogP contribution in [0, 0.1) is 23.7 Å². The summed E-state index contributed by atoms with van der Waals surface area (Å²) in [4.78, 5) is 4.89. The quantitative estimate of drug-likeness (QED) is 0.114. The molecule has 0 amide bonds. The zero-order valence-electron chi connectivity index (χ0n) is 26.8. The van der Waals surface area contributed by atoms with Crippen LogP contribution in [0.25, 0.3) is 0 Å². The van der Waals surface area contributed by atoms with Crippen LogP contribution in [-0.4, -0.2) is 109 Å². The molecule has 230 valence electrons. The molecule has 2 saturated carbocycles. The molecule has 4 aliphatic rings. The third-order valence-electron chi connectivity index (χ3n) is 11.1. The van der Waals surface area contributed by atoms with Crippen LogP contribution < -0.4 is 0 Å². The van der Waals surface area contributed by atoms with E-state index < -0.39 is 0 Å². The van der Waals surface area contributed by atoms with E-state index in [9.17, 15) is 0 Å². The fourth-order valence-corrected chi connectivity index (χ4v) is 9.92. The molecule has 2 heterocycles. The summed E-state index contributed by atoms with van der Waals surface area (Å²) in [5.41, 5.74) is 0. The van der Waals surface area contributed by atoms with E-state index in [1.807, 2.05) is 0 Å². The van der Waals surface area contributed by atoms with Gasteiger partial charge in [0.2, 0.25) is 0 Å². The van der Waals surface area contributed by atoms with Crippen LogP contribution in [0.1, 0.15) is 103 Å². The molecule has 0 N–H and O–H groups in total. The van der Waals surface area contributed by atoms with Gasteiger partial charge in [-0.1, -0.05) is 34.4 Å².